The van der Waals surface area contributed by atoms with E-state index in [-0.39, 0.29) is 5.91 Å². The molecular formula is C17H17N3O. The number of rotatable bonds is 3. The molecule has 4 heteroatoms. The van der Waals surface area contributed by atoms with Gasteiger partial charge in [0.25, 0.3) is 5.91 Å². The molecule has 0 fully saturated rings. The molecule has 3 aromatic rings. The molecule has 0 bridgehead atoms. The average molecular weight is 279 g/mol. The molecule has 0 unspecified atom stereocenters. The third-order valence-corrected chi connectivity index (χ3v) is 3.58. The Labute approximate surface area is 123 Å². The number of benzene rings is 1. The van der Waals surface area contributed by atoms with Crippen molar-refractivity contribution in [1.82, 2.24) is 9.38 Å². The molecule has 0 aliphatic rings. The van der Waals surface area contributed by atoms with Crippen LogP contribution in [0.5, 0.6) is 0 Å². The topological polar surface area (TPSA) is 46.4 Å². The quantitative estimate of drug-likeness (QED) is 0.798. The Kier molecular flexibility index (Phi) is 3.44. The van der Waals surface area contributed by atoms with Gasteiger partial charge in [0, 0.05) is 17.6 Å². The molecule has 2 aromatic heterocycles. The van der Waals surface area contributed by atoms with E-state index < -0.39 is 0 Å². The number of fused-ring (bicyclic) bond motifs is 1. The Hall–Kier alpha value is -2.62. The van der Waals surface area contributed by atoms with Gasteiger partial charge in [-0.25, -0.2) is 4.98 Å². The summed E-state index contributed by atoms with van der Waals surface area (Å²) in [4.78, 5) is 16.8. The van der Waals surface area contributed by atoms with Crippen LogP contribution >= 0.6 is 0 Å². The maximum Gasteiger partial charge on any atom is 0.257 e. The van der Waals surface area contributed by atoms with E-state index in [9.17, 15) is 4.79 Å². The first-order valence-corrected chi connectivity index (χ1v) is 7.03. The van der Waals surface area contributed by atoms with E-state index >= 15 is 0 Å². The number of amides is 1. The molecule has 2 heterocycles. The van der Waals surface area contributed by atoms with Gasteiger partial charge in [0.1, 0.15) is 5.65 Å². The summed E-state index contributed by atoms with van der Waals surface area (Å²) in [6, 6.07) is 13.1. The molecule has 1 aromatic carbocycles. The monoisotopic (exact) mass is 279 g/mol. The first-order valence-electron chi connectivity index (χ1n) is 7.03. The fraction of sp³-hybridized carbons (Fsp3) is 0.176. The zero-order chi connectivity index (χ0) is 14.8. The lowest BCUT2D eigenvalue weighted by Gasteiger charge is -2.06. The third kappa shape index (κ3) is 2.52. The van der Waals surface area contributed by atoms with Crippen LogP contribution in [0, 0.1) is 6.92 Å². The number of pyridine rings is 1. The highest BCUT2D eigenvalue weighted by molar-refractivity contribution is 6.04. The number of anilines is 1. The van der Waals surface area contributed by atoms with Gasteiger partial charge in [-0.1, -0.05) is 25.1 Å². The number of nitrogens with zero attached hydrogens (tertiary/aromatic N) is 2. The van der Waals surface area contributed by atoms with Crippen LogP contribution in [-0.4, -0.2) is 15.3 Å². The van der Waals surface area contributed by atoms with Crippen molar-refractivity contribution in [2.24, 2.45) is 0 Å². The van der Waals surface area contributed by atoms with Crippen LogP contribution in [-0.2, 0) is 6.42 Å². The normalized spacial score (nSPS) is 10.8. The maximum atomic E-state index is 12.3. The van der Waals surface area contributed by atoms with Crippen LogP contribution in [0.4, 0.5) is 5.69 Å². The number of nitrogens with one attached hydrogen (secondary N) is 1. The molecule has 4 nitrogen and oxygen atoms in total. The Morgan fingerprint density at radius 2 is 1.95 bits per heavy atom. The summed E-state index contributed by atoms with van der Waals surface area (Å²) in [6.07, 6.45) is 2.73. The number of aryl methyl sites for hydroxylation is 2. The van der Waals surface area contributed by atoms with Crippen molar-refractivity contribution in [2.45, 2.75) is 20.3 Å². The van der Waals surface area contributed by atoms with Crippen molar-refractivity contribution in [2.75, 3.05) is 5.32 Å². The van der Waals surface area contributed by atoms with E-state index in [1.54, 1.807) is 6.07 Å². The number of hydrogen-bond acceptors (Lipinski definition) is 2. The van der Waals surface area contributed by atoms with Crippen LogP contribution in [0.2, 0.25) is 0 Å². The van der Waals surface area contributed by atoms with E-state index in [2.05, 4.69) is 17.2 Å². The first-order chi connectivity index (χ1) is 10.2. The Balaban J connectivity index is 1.93. The van der Waals surface area contributed by atoms with Gasteiger partial charge in [-0.3, -0.25) is 4.79 Å². The van der Waals surface area contributed by atoms with Gasteiger partial charge in [0.15, 0.2) is 0 Å². The summed E-state index contributed by atoms with van der Waals surface area (Å²) in [6.45, 7) is 4.11. The highest BCUT2D eigenvalue weighted by Gasteiger charge is 2.11. The molecule has 0 aliphatic carbocycles. The summed E-state index contributed by atoms with van der Waals surface area (Å²) in [5.74, 6) is -0.116. The third-order valence-electron chi connectivity index (χ3n) is 3.58. The Morgan fingerprint density at radius 3 is 2.67 bits per heavy atom. The van der Waals surface area contributed by atoms with Crippen molar-refractivity contribution in [3.63, 3.8) is 0 Å². The molecule has 106 valence electrons. The molecule has 21 heavy (non-hydrogen) atoms. The van der Waals surface area contributed by atoms with Crippen molar-refractivity contribution < 1.29 is 4.79 Å². The number of carbonyl (C=O) groups is 1. The van der Waals surface area contributed by atoms with E-state index in [0.29, 0.717) is 5.56 Å². The van der Waals surface area contributed by atoms with Gasteiger partial charge < -0.3 is 9.72 Å². The van der Waals surface area contributed by atoms with Gasteiger partial charge >= 0.3 is 0 Å². The zero-order valence-electron chi connectivity index (χ0n) is 12.1. The fourth-order valence-electron chi connectivity index (χ4n) is 2.40. The second kappa shape index (κ2) is 5.40. The average Bonchev–Trinajstić information content (AvgIpc) is 2.84. The number of para-hydroxylation sites is 1. The minimum Gasteiger partial charge on any atom is -0.322 e. The van der Waals surface area contributed by atoms with Crippen LogP contribution < -0.4 is 5.32 Å². The number of aromatic nitrogens is 2. The van der Waals surface area contributed by atoms with Gasteiger partial charge in [0.05, 0.1) is 11.3 Å². The van der Waals surface area contributed by atoms with Crippen molar-refractivity contribution in [3.8, 4) is 0 Å². The summed E-state index contributed by atoms with van der Waals surface area (Å²) < 4.78 is 1.97. The summed E-state index contributed by atoms with van der Waals surface area (Å²) in [5.41, 5.74) is 4.44. The van der Waals surface area contributed by atoms with Gasteiger partial charge in [0.2, 0.25) is 0 Å². The van der Waals surface area contributed by atoms with E-state index in [1.807, 2.05) is 53.9 Å². The summed E-state index contributed by atoms with van der Waals surface area (Å²) in [7, 11) is 0. The fourth-order valence-corrected chi connectivity index (χ4v) is 2.40. The largest absolute Gasteiger partial charge is 0.322 e. The first kappa shape index (κ1) is 13.4. The molecule has 0 saturated carbocycles. The van der Waals surface area contributed by atoms with Crippen molar-refractivity contribution in [1.29, 1.82) is 0 Å². The molecule has 1 amide bonds. The van der Waals surface area contributed by atoms with Gasteiger partial charge in [-0.05, 0) is 37.6 Å². The van der Waals surface area contributed by atoms with Gasteiger partial charge in [-0.2, -0.15) is 0 Å². The second-order valence-corrected chi connectivity index (χ2v) is 4.96. The Bertz CT molecular complexity index is 790. The summed E-state index contributed by atoms with van der Waals surface area (Å²) >= 11 is 0. The van der Waals surface area contributed by atoms with E-state index in [4.69, 9.17) is 0 Å². The van der Waals surface area contributed by atoms with Crippen LogP contribution in [0.3, 0.4) is 0 Å². The lowest BCUT2D eigenvalue weighted by atomic mass is 10.2. The molecule has 0 spiro atoms. The van der Waals surface area contributed by atoms with Crippen molar-refractivity contribution in [3.05, 3.63) is 65.6 Å². The van der Waals surface area contributed by atoms with E-state index in [0.717, 1.165) is 29.1 Å². The standard InChI is InChI=1S/C17H17N3O/c1-3-15-12(2)20-11-13(9-10-16(20)19-15)17(21)18-14-7-5-4-6-8-14/h4-11H,3H2,1-2H3,(H,18,21). The second-order valence-electron chi connectivity index (χ2n) is 4.96. The van der Waals surface area contributed by atoms with Crippen LogP contribution in [0.15, 0.2) is 48.7 Å². The number of imidazole rings is 1. The predicted octanol–water partition coefficient (Wildman–Crippen LogP) is 3.46. The maximum absolute atomic E-state index is 12.3. The highest BCUT2D eigenvalue weighted by Crippen LogP contribution is 2.15. The van der Waals surface area contributed by atoms with Crippen LogP contribution in [0.25, 0.3) is 5.65 Å². The molecule has 0 radical (unpaired) electrons. The number of carbonyl (C=O) groups excluding carboxylic acids is 1. The minimum absolute atomic E-state index is 0.116. The lowest BCUT2D eigenvalue weighted by molar-refractivity contribution is 0.102. The van der Waals surface area contributed by atoms with Crippen molar-refractivity contribution >= 4 is 17.2 Å². The van der Waals surface area contributed by atoms with Gasteiger partial charge in [-0.15, -0.1) is 0 Å². The minimum atomic E-state index is -0.116. The van der Waals surface area contributed by atoms with Crippen LogP contribution in [0.1, 0.15) is 28.7 Å². The highest BCUT2D eigenvalue weighted by atomic mass is 16.1. The predicted molar refractivity (Wildman–Crippen MR) is 83.7 cm³/mol. The SMILES string of the molecule is CCc1nc2ccc(C(=O)Nc3ccccc3)cn2c1C. The lowest BCUT2D eigenvalue weighted by Crippen LogP contribution is -2.12. The molecule has 0 aliphatic heterocycles. The smallest absolute Gasteiger partial charge is 0.257 e. The molecule has 0 atom stereocenters. The molecule has 1 N–H and O–H groups in total. The molecule has 0 saturated heterocycles. The Morgan fingerprint density at radius 1 is 1.19 bits per heavy atom. The molecular weight excluding hydrogens is 262 g/mol. The molecule has 3 rings (SSSR count). The summed E-state index contributed by atoms with van der Waals surface area (Å²) in [5, 5.41) is 2.89. The number of hydrogen-bond donors (Lipinski definition) is 1. The van der Waals surface area contributed by atoms with E-state index in [1.165, 1.54) is 0 Å². The zero-order valence-corrected chi connectivity index (χ0v) is 12.1.